The summed E-state index contributed by atoms with van der Waals surface area (Å²) in [4.78, 5) is 18.8. The van der Waals surface area contributed by atoms with E-state index < -0.39 is 0 Å². The summed E-state index contributed by atoms with van der Waals surface area (Å²) in [5.74, 6) is -0.0958. The highest BCUT2D eigenvalue weighted by Crippen LogP contribution is 2.43. The highest BCUT2D eigenvalue weighted by molar-refractivity contribution is 6.05. The van der Waals surface area contributed by atoms with Crippen molar-refractivity contribution in [1.29, 1.82) is 0 Å². The minimum Gasteiger partial charge on any atom is -0.503 e. The van der Waals surface area contributed by atoms with Crippen LogP contribution in [0.2, 0.25) is 0 Å². The van der Waals surface area contributed by atoms with Crippen LogP contribution < -0.4 is 0 Å². The zero-order chi connectivity index (χ0) is 20.4. The minimum absolute atomic E-state index is 0.178. The number of amides is 1. The molecule has 4 nitrogen and oxygen atoms in total. The van der Waals surface area contributed by atoms with Gasteiger partial charge in [-0.15, -0.1) is 0 Å². The Bertz CT molecular complexity index is 1030. The predicted molar refractivity (Wildman–Crippen MR) is 114 cm³/mol. The molecule has 1 atom stereocenters. The Kier molecular flexibility index (Phi) is 5.17. The Labute approximate surface area is 171 Å². The first-order valence-corrected chi connectivity index (χ1v) is 9.84. The lowest BCUT2D eigenvalue weighted by Gasteiger charge is -2.28. The molecule has 0 aliphatic carbocycles. The number of hydrogen-bond acceptors (Lipinski definition) is 3. The molecule has 0 saturated heterocycles. The molecular formula is C25H24N2O2. The number of rotatable bonds is 5. The second-order valence-electron chi connectivity index (χ2n) is 7.64. The van der Waals surface area contributed by atoms with Gasteiger partial charge >= 0.3 is 0 Å². The fourth-order valence-corrected chi connectivity index (χ4v) is 3.82. The third-order valence-electron chi connectivity index (χ3n) is 5.41. The molecule has 2 aromatic carbocycles. The summed E-state index contributed by atoms with van der Waals surface area (Å²) in [5, 5.41) is 10.8. The van der Waals surface area contributed by atoms with E-state index in [2.05, 4.69) is 43.1 Å². The normalized spacial score (nSPS) is 16.7. The van der Waals surface area contributed by atoms with Crippen molar-refractivity contribution in [3.8, 4) is 0 Å². The Morgan fingerprint density at radius 2 is 1.62 bits per heavy atom. The van der Waals surface area contributed by atoms with Crippen LogP contribution in [0.5, 0.6) is 0 Å². The zero-order valence-electron chi connectivity index (χ0n) is 16.6. The molecule has 0 unspecified atom stereocenters. The number of aliphatic hydroxyl groups excluding tert-OH is 1. The molecule has 0 spiro atoms. The molecule has 1 aliphatic heterocycles. The minimum atomic E-state index is -0.349. The van der Waals surface area contributed by atoms with Crippen molar-refractivity contribution in [2.45, 2.75) is 32.4 Å². The lowest BCUT2D eigenvalue weighted by molar-refractivity contribution is -0.130. The molecule has 0 saturated carbocycles. The van der Waals surface area contributed by atoms with Gasteiger partial charge in [-0.05, 0) is 40.3 Å². The van der Waals surface area contributed by atoms with Gasteiger partial charge in [0.05, 0.1) is 6.04 Å². The van der Waals surface area contributed by atoms with Gasteiger partial charge < -0.3 is 10.0 Å². The molecule has 146 valence electrons. The predicted octanol–water partition coefficient (Wildman–Crippen LogP) is 5.26. The maximum atomic E-state index is 13.1. The molecule has 3 aromatic rings. The third kappa shape index (κ3) is 3.66. The summed E-state index contributed by atoms with van der Waals surface area (Å²) in [6.45, 7) is 4.72. The molecule has 0 bridgehead atoms. The van der Waals surface area contributed by atoms with Crippen molar-refractivity contribution >= 4 is 11.5 Å². The van der Waals surface area contributed by atoms with Crippen molar-refractivity contribution in [2.24, 2.45) is 0 Å². The van der Waals surface area contributed by atoms with Crippen molar-refractivity contribution < 1.29 is 9.90 Å². The van der Waals surface area contributed by atoms with E-state index in [0.29, 0.717) is 18.0 Å². The first-order chi connectivity index (χ1) is 14.1. The van der Waals surface area contributed by atoms with Crippen LogP contribution in [-0.2, 0) is 11.3 Å². The number of carbonyl (C=O) groups excluding carboxylic acids is 1. The fourth-order valence-electron chi connectivity index (χ4n) is 3.82. The summed E-state index contributed by atoms with van der Waals surface area (Å²) in [7, 11) is 0. The molecular weight excluding hydrogens is 360 g/mol. The van der Waals surface area contributed by atoms with Gasteiger partial charge in [-0.25, -0.2) is 0 Å². The Hall–Kier alpha value is -3.40. The second-order valence-corrected chi connectivity index (χ2v) is 7.64. The summed E-state index contributed by atoms with van der Waals surface area (Å²) in [5.41, 5.74) is 4.71. The van der Waals surface area contributed by atoms with Gasteiger partial charge in [-0.2, -0.15) is 0 Å². The Morgan fingerprint density at radius 1 is 0.966 bits per heavy atom. The number of benzene rings is 2. The van der Waals surface area contributed by atoms with E-state index in [9.17, 15) is 9.90 Å². The summed E-state index contributed by atoms with van der Waals surface area (Å²) < 4.78 is 0. The van der Waals surface area contributed by atoms with E-state index in [0.717, 1.165) is 16.7 Å². The highest BCUT2D eigenvalue weighted by Gasteiger charge is 2.40. The van der Waals surface area contributed by atoms with E-state index in [1.54, 1.807) is 17.3 Å². The maximum Gasteiger partial charge on any atom is 0.290 e. The second kappa shape index (κ2) is 7.92. The van der Waals surface area contributed by atoms with Gasteiger partial charge in [0.2, 0.25) is 0 Å². The largest absolute Gasteiger partial charge is 0.503 e. The van der Waals surface area contributed by atoms with Gasteiger partial charge in [0, 0.05) is 24.5 Å². The summed E-state index contributed by atoms with van der Waals surface area (Å²) in [6, 6.07) is 21.4. The van der Waals surface area contributed by atoms with Gasteiger partial charge in [0.1, 0.15) is 0 Å². The maximum absolute atomic E-state index is 13.1. The molecule has 2 heterocycles. The van der Waals surface area contributed by atoms with Crippen LogP contribution in [0.15, 0.2) is 84.9 Å². The van der Waals surface area contributed by atoms with Crippen molar-refractivity contribution in [2.75, 3.05) is 0 Å². The van der Waals surface area contributed by atoms with Gasteiger partial charge in [0.15, 0.2) is 5.76 Å². The molecule has 4 heteroatoms. The lowest BCUT2D eigenvalue weighted by Crippen LogP contribution is -2.29. The lowest BCUT2D eigenvalue weighted by atomic mass is 9.91. The molecule has 1 aliphatic rings. The van der Waals surface area contributed by atoms with Gasteiger partial charge in [0.25, 0.3) is 5.91 Å². The van der Waals surface area contributed by atoms with Crippen LogP contribution in [0.25, 0.3) is 5.57 Å². The quantitative estimate of drug-likeness (QED) is 0.653. The van der Waals surface area contributed by atoms with E-state index in [1.165, 1.54) is 5.56 Å². The first kappa shape index (κ1) is 18.9. The van der Waals surface area contributed by atoms with Gasteiger partial charge in [-0.3, -0.25) is 9.78 Å². The Balaban J connectivity index is 1.80. The van der Waals surface area contributed by atoms with Crippen LogP contribution in [0.4, 0.5) is 0 Å². The molecule has 29 heavy (non-hydrogen) atoms. The molecule has 1 N–H and O–H groups in total. The van der Waals surface area contributed by atoms with Crippen molar-refractivity contribution in [1.82, 2.24) is 9.88 Å². The summed E-state index contributed by atoms with van der Waals surface area (Å²) in [6.07, 6.45) is 3.43. The Morgan fingerprint density at radius 3 is 2.24 bits per heavy atom. The number of aliphatic hydroxyl groups is 1. The standard InChI is InChI=1S/C25H24N2O2/c1-17(2)19-8-10-21(11-9-19)23-22(20-6-4-3-5-7-20)24(28)25(29)27(23)16-18-12-14-26-15-13-18/h3-15,17,23,28H,16H2,1-2H3/t23-/m1/s1. The fraction of sp³-hybridized carbons (Fsp3) is 0.200. The van der Waals surface area contributed by atoms with Crippen LogP contribution in [0.3, 0.4) is 0 Å². The van der Waals surface area contributed by atoms with E-state index >= 15 is 0 Å². The average Bonchev–Trinajstić information content (AvgIpc) is 3.00. The van der Waals surface area contributed by atoms with Crippen LogP contribution in [-0.4, -0.2) is 20.9 Å². The average molecular weight is 384 g/mol. The van der Waals surface area contributed by atoms with E-state index in [4.69, 9.17) is 0 Å². The smallest absolute Gasteiger partial charge is 0.290 e. The van der Waals surface area contributed by atoms with Crippen molar-refractivity contribution in [3.05, 3.63) is 107 Å². The molecule has 0 radical (unpaired) electrons. The van der Waals surface area contributed by atoms with Crippen LogP contribution in [0, 0.1) is 0 Å². The van der Waals surface area contributed by atoms with E-state index in [1.807, 2.05) is 42.5 Å². The highest BCUT2D eigenvalue weighted by atomic mass is 16.3. The number of pyridine rings is 1. The van der Waals surface area contributed by atoms with Crippen LogP contribution in [0.1, 0.15) is 48.1 Å². The number of nitrogens with zero attached hydrogens (tertiary/aromatic N) is 2. The number of hydrogen-bond donors (Lipinski definition) is 1. The first-order valence-electron chi connectivity index (χ1n) is 9.84. The van der Waals surface area contributed by atoms with Crippen molar-refractivity contribution in [3.63, 3.8) is 0 Å². The molecule has 0 fully saturated rings. The third-order valence-corrected chi connectivity index (χ3v) is 5.41. The molecule has 1 aromatic heterocycles. The van der Waals surface area contributed by atoms with Crippen LogP contribution >= 0.6 is 0 Å². The molecule has 4 rings (SSSR count). The number of aromatic nitrogens is 1. The summed E-state index contributed by atoms with van der Waals surface area (Å²) >= 11 is 0. The zero-order valence-corrected chi connectivity index (χ0v) is 16.6. The van der Waals surface area contributed by atoms with Gasteiger partial charge in [-0.1, -0.05) is 68.4 Å². The topological polar surface area (TPSA) is 53.4 Å². The number of carbonyl (C=O) groups is 1. The van der Waals surface area contributed by atoms with E-state index in [-0.39, 0.29) is 17.7 Å². The SMILES string of the molecule is CC(C)c1ccc([C@@H]2C(c3ccccc3)=C(O)C(=O)N2Cc2ccncc2)cc1. The molecule has 1 amide bonds. The monoisotopic (exact) mass is 384 g/mol.